The van der Waals surface area contributed by atoms with E-state index in [1.165, 1.54) is 18.3 Å². The second-order valence-electron chi connectivity index (χ2n) is 5.50. The molecule has 0 spiro atoms. The molecular weight excluding hydrogens is 350 g/mol. The summed E-state index contributed by atoms with van der Waals surface area (Å²) in [6, 6.07) is 6.84. The van der Waals surface area contributed by atoms with Crippen LogP contribution in [0.2, 0.25) is 0 Å². The van der Waals surface area contributed by atoms with Crippen molar-refractivity contribution < 1.29 is 32.9 Å². The molecule has 1 aromatic carbocycles. The number of furan rings is 1. The number of hydrogen-bond donors (Lipinski definition) is 3. The van der Waals surface area contributed by atoms with Gasteiger partial charge in [0.15, 0.2) is 5.76 Å². The van der Waals surface area contributed by atoms with Crippen LogP contribution in [0.15, 0.2) is 28.7 Å². The first-order valence-electron chi connectivity index (χ1n) is 7.56. The molecule has 1 aliphatic rings. The number of rotatable bonds is 4. The van der Waals surface area contributed by atoms with Crippen molar-refractivity contribution in [3.63, 3.8) is 0 Å². The highest BCUT2D eigenvalue weighted by Crippen LogP contribution is 2.58. The van der Waals surface area contributed by atoms with Crippen LogP contribution in [0, 0.1) is 0 Å². The fourth-order valence-electron chi connectivity index (χ4n) is 2.70. The summed E-state index contributed by atoms with van der Waals surface area (Å²) >= 11 is 0. The van der Waals surface area contributed by atoms with Gasteiger partial charge in [0, 0.05) is 13.5 Å². The van der Waals surface area contributed by atoms with Crippen molar-refractivity contribution in [3.05, 3.63) is 24.3 Å². The summed E-state index contributed by atoms with van der Waals surface area (Å²) < 4.78 is 37.7. The lowest BCUT2D eigenvalue weighted by Gasteiger charge is -2.36. The topological polar surface area (TPSA) is 113 Å². The number of nitrogens with zero attached hydrogens (tertiary/aromatic N) is 1. The van der Waals surface area contributed by atoms with E-state index in [4.69, 9.17) is 13.9 Å². The molecule has 1 saturated heterocycles. The van der Waals surface area contributed by atoms with Crippen molar-refractivity contribution in [2.45, 2.75) is 13.3 Å². The van der Waals surface area contributed by atoms with Crippen LogP contribution in [-0.2, 0) is 4.79 Å². The molecule has 1 fully saturated rings. The largest absolute Gasteiger partial charge is 0.502 e. The number of aromatic hydroxyl groups is 1. The third-order valence-electron chi connectivity index (χ3n) is 3.78. The van der Waals surface area contributed by atoms with Crippen molar-refractivity contribution in [3.8, 4) is 28.6 Å². The number of para-hydroxylation sites is 1. The third kappa shape index (κ3) is 3.13. The number of methoxy groups -OCH3 is 1. The van der Waals surface area contributed by atoms with Crippen molar-refractivity contribution in [1.29, 1.82) is 0 Å². The molecule has 9 heteroatoms. The van der Waals surface area contributed by atoms with Crippen LogP contribution >= 0.6 is 10.8 Å². The Kier molecular flexibility index (Phi) is 4.55. The predicted octanol–water partition coefficient (Wildman–Crippen LogP) is 3.46. The second-order valence-corrected chi connectivity index (χ2v) is 7.61. The standard InChI is InChI=1S/C16H19NO7S/c1-10(18)23-15-13(19)14(11-6-3-4-7-12(11)22-2)24-16(15)17-8-5-9-25(17,20)21/h3-4,6-7,19-21H,5,8-9H2,1-2H3. The molecule has 3 N–H and O–H groups in total. The van der Waals surface area contributed by atoms with E-state index in [0.29, 0.717) is 24.3 Å². The number of benzene rings is 1. The molecule has 0 radical (unpaired) electrons. The maximum absolute atomic E-state index is 11.4. The fourth-order valence-corrected chi connectivity index (χ4v) is 4.25. The minimum Gasteiger partial charge on any atom is -0.502 e. The van der Waals surface area contributed by atoms with Gasteiger partial charge in [0.25, 0.3) is 5.88 Å². The fraction of sp³-hybridized carbons (Fsp3) is 0.312. The monoisotopic (exact) mass is 369 g/mol. The third-order valence-corrected chi connectivity index (χ3v) is 5.67. The molecule has 25 heavy (non-hydrogen) atoms. The first-order valence-corrected chi connectivity index (χ1v) is 9.23. The van der Waals surface area contributed by atoms with Gasteiger partial charge in [0.2, 0.25) is 11.5 Å². The SMILES string of the molecule is COc1ccccc1-c1oc(N2CCCS2(O)O)c(OC(C)=O)c1O. The zero-order valence-corrected chi connectivity index (χ0v) is 14.6. The van der Waals surface area contributed by atoms with Crippen LogP contribution in [0.25, 0.3) is 11.3 Å². The summed E-state index contributed by atoms with van der Waals surface area (Å²) in [6.07, 6.45) is 0.535. The van der Waals surface area contributed by atoms with Gasteiger partial charge < -0.3 is 19.0 Å². The van der Waals surface area contributed by atoms with Gasteiger partial charge in [-0.2, -0.15) is 0 Å². The zero-order valence-electron chi connectivity index (χ0n) is 13.8. The Hall–Kier alpha value is -2.36. The summed E-state index contributed by atoms with van der Waals surface area (Å²) in [5.74, 6) is -0.762. The van der Waals surface area contributed by atoms with Gasteiger partial charge in [-0.15, -0.1) is 10.8 Å². The van der Waals surface area contributed by atoms with Crippen LogP contribution in [0.1, 0.15) is 13.3 Å². The first-order chi connectivity index (χ1) is 11.8. The molecule has 0 amide bonds. The van der Waals surface area contributed by atoms with Crippen LogP contribution in [0.5, 0.6) is 17.2 Å². The van der Waals surface area contributed by atoms with Gasteiger partial charge in [0.05, 0.1) is 18.4 Å². The molecule has 1 aliphatic heterocycles. The van der Waals surface area contributed by atoms with E-state index in [1.807, 2.05) is 0 Å². The Balaban J connectivity index is 2.17. The zero-order chi connectivity index (χ0) is 18.2. The van der Waals surface area contributed by atoms with Gasteiger partial charge in [-0.1, -0.05) is 12.1 Å². The smallest absolute Gasteiger partial charge is 0.308 e. The van der Waals surface area contributed by atoms with E-state index in [9.17, 15) is 19.0 Å². The van der Waals surface area contributed by atoms with E-state index in [0.717, 1.165) is 0 Å². The number of ether oxygens (including phenoxy) is 2. The van der Waals surface area contributed by atoms with Gasteiger partial charge in [-0.05, 0) is 18.6 Å². The number of anilines is 1. The van der Waals surface area contributed by atoms with Crippen molar-refractivity contribution in [1.82, 2.24) is 0 Å². The summed E-state index contributed by atoms with van der Waals surface area (Å²) in [7, 11) is -1.62. The molecule has 0 aliphatic carbocycles. The molecule has 0 saturated carbocycles. The maximum atomic E-state index is 11.4. The van der Waals surface area contributed by atoms with Gasteiger partial charge in [-0.3, -0.25) is 13.9 Å². The number of carbonyl (C=O) groups is 1. The maximum Gasteiger partial charge on any atom is 0.308 e. The summed E-state index contributed by atoms with van der Waals surface area (Å²) in [4.78, 5) is 11.4. The van der Waals surface area contributed by atoms with Gasteiger partial charge >= 0.3 is 5.97 Å². The summed E-state index contributed by atoms with van der Waals surface area (Å²) in [6.45, 7) is 1.48. The average molecular weight is 369 g/mol. The van der Waals surface area contributed by atoms with Gasteiger partial charge in [0.1, 0.15) is 5.75 Å². The minimum absolute atomic E-state index is 0.0193. The molecular formula is C16H19NO7S. The van der Waals surface area contributed by atoms with E-state index >= 15 is 0 Å². The minimum atomic E-state index is -3.09. The Bertz CT molecular complexity index is 802. The van der Waals surface area contributed by atoms with Crippen molar-refractivity contribution in [2.75, 3.05) is 23.7 Å². The molecule has 136 valence electrons. The molecule has 0 bridgehead atoms. The summed E-state index contributed by atoms with van der Waals surface area (Å²) in [5, 5.41) is 10.6. The second kappa shape index (κ2) is 6.51. The Labute approximate surface area is 146 Å². The lowest BCUT2D eigenvalue weighted by atomic mass is 10.1. The number of esters is 1. The van der Waals surface area contributed by atoms with Crippen LogP contribution in [0.3, 0.4) is 0 Å². The molecule has 2 aromatic rings. The highest BCUT2D eigenvalue weighted by Gasteiger charge is 2.37. The quantitative estimate of drug-likeness (QED) is 0.702. The Morgan fingerprint density at radius 3 is 2.64 bits per heavy atom. The van der Waals surface area contributed by atoms with E-state index < -0.39 is 22.5 Å². The van der Waals surface area contributed by atoms with Crippen LogP contribution in [0.4, 0.5) is 5.88 Å². The molecule has 3 rings (SSSR count). The lowest BCUT2D eigenvalue weighted by molar-refractivity contribution is -0.132. The highest BCUT2D eigenvalue weighted by molar-refractivity contribution is 8.25. The van der Waals surface area contributed by atoms with E-state index in [-0.39, 0.29) is 23.1 Å². The van der Waals surface area contributed by atoms with Crippen LogP contribution < -0.4 is 13.8 Å². The molecule has 0 unspecified atom stereocenters. The van der Waals surface area contributed by atoms with Crippen molar-refractivity contribution >= 4 is 22.6 Å². The van der Waals surface area contributed by atoms with E-state index in [2.05, 4.69) is 0 Å². The Morgan fingerprint density at radius 1 is 1.32 bits per heavy atom. The molecule has 1 aromatic heterocycles. The first kappa shape index (κ1) is 17.5. The predicted molar refractivity (Wildman–Crippen MR) is 93.3 cm³/mol. The molecule has 0 atom stereocenters. The molecule has 8 nitrogen and oxygen atoms in total. The highest BCUT2D eigenvalue weighted by atomic mass is 32.3. The van der Waals surface area contributed by atoms with Crippen molar-refractivity contribution in [2.24, 2.45) is 0 Å². The lowest BCUT2D eigenvalue weighted by Crippen LogP contribution is -2.22. The van der Waals surface area contributed by atoms with Gasteiger partial charge in [-0.25, -0.2) is 4.31 Å². The normalized spacial score (nSPS) is 17.4. The average Bonchev–Trinajstić information content (AvgIpc) is 3.07. The van der Waals surface area contributed by atoms with Crippen LogP contribution in [-0.4, -0.2) is 39.6 Å². The molecule has 2 heterocycles. The Morgan fingerprint density at radius 2 is 2.04 bits per heavy atom. The summed E-state index contributed by atoms with van der Waals surface area (Å²) in [5.41, 5.74) is 0.442. The number of carbonyl (C=O) groups excluding carboxylic acids is 1. The van der Waals surface area contributed by atoms with E-state index in [1.54, 1.807) is 24.3 Å². The number of hydrogen-bond acceptors (Lipinski definition) is 8.